The summed E-state index contributed by atoms with van der Waals surface area (Å²) in [6.45, 7) is 4.51. The maximum Gasteiger partial charge on any atom is 0.247 e. The Kier molecular flexibility index (Phi) is 4.83. The van der Waals surface area contributed by atoms with E-state index in [9.17, 15) is 9.18 Å². The fourth-order valence-corrected chi connectivity index (χ4v) is 4.91. The Morgan fingerprint density at radius 2 is 1.93 bits per heavy atom. The molecule has 5 rings (SSSR count). The third-order valence-corrected chi connectivity index (χ3v) is 6.18. The Morgan fingerprint density at radius 3 is 2.70 bits per heavy atom. The Bertz CT molecular complexity index is 1050. The van der Waals surface area contributed by atoms with E-state index in [4.69, 9.17) is 4.42 Å². The predicted molar refractivity (Wildman–Crippen MR) is 109 cm³/mol. The quantitative estimate of drug-likeness (QED) is 0.663. The standard InChI is InChI=1S/C23H23FN4O2/c1-15(29)28-12-18-11-27(13-20(18)22(28)17-8-5-9-19(24)10-17)14-21-25-26-23(30-21)16-6-3-2-4-7-16/h2-10,18,20,22H,11-14H2,1H3/t18-,20-,22+/m1/s1. The van der Waals surface area contributed by atoms with Crippen LogP contribution in [0.15, 0.2) is 59.0 Å². The summed E-state index contributed by atoms with van der Waals surface area (Å²) in [5.74, 6) is 1.47. The van der Waals surface area contributed by atoms with E-state index < -0.39 is 0 Å². The van der Waals surface area contributed by atoms with Crippen LogP contribution in [0.25, 0.3) is 11.5 Å². The minimum Gasteiger partial charge on any atom is -0.419 e. The molecule has 2 aliphatic rings. The van der Waals surface area contributed by atoms with Crippen molar-refractivity contribution < 1.29 is 13.6 Å². The van der Waals surface area contributed by atoms with Gasteiger partial charge in [0.05, 0.1) is 12.6 Å². The molecule has 0 radical (unpaired) electrons. The summed E-state index contributed by atoms with van der Waals surface area (Å²) >= 11 is 0. The molecule has 0 aliphatic carbocycles. The molecule has 2 fully saturated rings. The molecule has 3 aromatic rings. The molecule has 3 atom stereocenters. The minimum atomic E-state index is -0.270. The number of carbonyl (C=O) groups is 1. The molecular weight excluding hydrogens is 383 g/mol. The lowest BCUT2D eigenvalue weighted by molar-refractivity contribution is -0.130. The van der Waals surface area contributed by atoms with Crippen molar-refractivity contribution in [2.45, 2.75) is 19.5 Å². The maximum absolute atomic E-state index is 13.9. The number of rotatable bonds is 4. The Morgan fingerprint density at radius 1 is 1.10 bits per heavy atom. The fraction of sp³-hybridized carbons (Fsp3) is 0.348. The van der Waals surface area contributed by atoms with Crippen molar-refractivity contribution in [2.75, 3.05) is 19.6 Å². The summed E-state index contributed by atoms with van der Waals surface area (Å²) in [5.41, 5.74) is 1.77. The molecule has 0 N–H and O–H groups in total. The second-order valence-electron chi connectivity index (χ2n) is 8.16. The predicted octanol–water partition coefficient (Wildman–Crippen LogP) is 3.53. The van der Waals surface area contributed by atoms with Crippen LogP contribution in [0.2, 0.25) is 0 Å². The van der Waals surface area contributed by atoms with E-state index in [1.807, 2.05) is 41.3 Å². The lowest BCUT2D eigenvalue weighted by atomic mass is 9.89. The molecule has 0 saturated carbocycles. The molecule has 2 aromatic carbocycles. The number of nitrogens with zero attached hydrogens (tertiary/aromatic N) is 4. The lowest BCUT2D eigenvalue weighted by Gasteiger charge is -2.29. The third-order valence-electron chi connectivity index (χ3n) is 6.18. The number of aromatic nitrogens is 2. The van der Waals surface area contributed by atoms with E-state index in [1.165, 1.54) is 6.07 Å². The molecule has 0 unspecified atom stereocenters. The fourth-order valence-electron chi connectivity index (χ4n) is 4.91. The summed E-state index contributed by atoms with van der Waals surface area (Å²) in [6, 6.07) is 16.2. The van der Waals surface area contributed by atoms with Crippen molar-refractivity contribution in [3.8, 4) is 11.5 Å². The summed E-state index contributed by atoms with van der Waals surface area (Å²) in [6.07, 6.45) is 0. The zero-order valence-electron chi connectivity index (χ0n) is 16.7. The molecule has 2 aliphatic heterocycles. The molecule has 2 saturated heterocycles. The van der Waals surface area contributed by atoms with Crippen LogP contribution in [-0.4, -0.2) is 45.5 Å². The number of carbonyl (C=O) groups excluding carboxylic acids is 1. The van der Waals surface area contributed by atoms with Crippen molar-refractivity contribution in [1.29, 1.82) is 0 Å². The third kappa shape index (κ3) is 3.50. The highest BCUT2D eigenvalue weighted by atomic mass is 19.1. The summed E-state index contributed by atoms with van der Waals surface area (Å²) in [4.78, 5) is 16.4. The number of amides is 1. The normalized spacial score (nSPS) is 23.7. The molecule has 7 heteroatoms. The van der Waals surface area contributed by atoms with Gasteiger partial charge in [-0.1, -0.05) is 30.3 Å². The van der Waals surface area contributed by atoms with E-state index >= 15 is 0 Å². The minimum absolute atomic E-state index is 0.0367. The van der Waals surface area contributed by atoms with Crippen LogP contribution in [0, 0.1) is 17.7 Å². The summed E-state index contributed by atoms with van der Waals surface area (Å²) in [7, 11) is 0. The number of fused-ring (bicyclic) bond motifs is 1. The number of likely N-dealkylation sites (tertiary alicyclic amines) is 2. The first-order valence-corrected chi connectivity index (χ1v) is 10.2. The van der Waals surface area contributed by atoms with Crippen molar-refractivity contribution in [1.82, 2.24) is 20.0 Å². The number of hydrogen-bond donors (Lipinski definition) is 0. The van der Waals surface area contributed by atoms with Gasteiger partial charge in [0.1, 0.15) is 5.82 Å². The van der Waals surface area contributed by atoms with Crippen LogP contribution in [0.4, 0.5) is 4.39 Å². The molecule has 1 amide bonds. The maximum atomic E-state index is 13.9. The number of hydrogen-bond acceptors (Lipinski definition) is 5. The van der Waals surface area contributed by atoms with Crippen molar-refractivity contribution >= 4 is 5.91 Å². The van der Waals surface area contributed by atoms with Gasteiger partial charge in [0.2, 0.25) is 17.7 Å². The van der Waals surface area contributed by atoms with Crippen LogP contribution in [0.5, 0.6) is 0 Å². The van der Waals surface area contributed by atoms with Gasteiger partial charge < -0.3 is 9.32 Å². The van der Waals surface area contributed by atoms with Gasteiger partial charge in [-0.2, -0.15) is 0 Å². The Hall–Kier alpha value is -3.06. The smallest absolute Gasteiger partial charge is 0.247 e. The van der Waals surface area contributed by atoms with E-state index in [-0.39, 0.29) is 23.7 Å². The highest BCUT2D eigenvalue weighted by Crippen LogP contribution is 2.45. The van der Waals surface area contributed by atoms with Gasteiger partial charge in [0, 0.05) is 38.0 Å². The highest BCUT2D eigenvalue weighted by Gasteiger charge is 2.48. The molecule has 1 aromatic heterocycles. The molecular formula is C23H23FN4O2. The van der Waals surface area contributed by atoms with E-state index in [1.54, 1.807) is 19.1 Å². The zero-order chi connectivity index (χ0) is 20.7. The van der Waals surface area contributed by atoms with Crippen molar-refractivity contribution in [3.63, 3.8) is 0 Å². The van der Waals surface area contributed by atoms with Gasteiger partial charge >= 0.3 is 0 Å². The second kappa shape index (κ2) is 7.65. The molecule has 6 nitrogen and oxygen atoms in total. The Labute approximate surface area is 174 Å². The topological polar surface area (TPSA) is 62.5 Å². The molecule has 3 heterocycles. The summed E-state index contributed by atoms with van der Waals surface area (Å²) in [5, 5.41) is 8.38. The average molecular weight is 406 g/mol. The van der Waals surface area contributed by atoms with Gasteiger partial charge in [-0.3, -0.25) is 9.69 Å². The van der Waals surface area contributed by atoms with Crippen LogP contribution >= 0.6 is 0 Å². The molecule has 0 spiro atoms. The molecule has 154 valence electrons. The van der Waals surface area contributed by atoms with Gasteiger partial charge in [-0.05, 0) is 35.7 Å². The zero-order valence-corrected chi connectivity index (χ0v) is 16.7. The van der Waals surface area contributed by atoms with Gasteiger partial charge in [-0.25, -0.2) is 4.39 Å². The van der Waals surface area contributed by atoms with Crippen LogP contribution in [0.3, 0.4) is 0 Å². The SMILES string of the molecule is CC(=O)N1C[C@H]2CN(Cc3nnc(-c4ccccc4)o3)C[C@H]2[C@@H]1c1cccc(F)c1. The number of benzene rings is 2. The monoisotopic (exact) mass is 406 g/mol. The van der Waals surface area contributed by atoms with E-state index in [0.717, 1.165) is 24.2 Å². The Balaban J connectivity index is 1.32. The largest absolute Gasteiger partial charge is 0.419 e. The van der Waals surface area contributed by atoms with Gasteiger partial charge in [0.25, 0.3) is 0 Å². The van der Waals surface area contributed by atoms with E-state index in [0.29, 0.717) is 30.8 Å². The molecule has 30 heavy (non-hydrogen) atoms. The second-order valence-corrected chi connectivity index (χ2v) is 8.16. The van der Waals surface area contributed by atoms with Crippen LogP contribution < -0.4 is 0 Å². The van der Waals surface area contributed by atoms with Crippen molar-refractivity contribution in [3.05, 3.63) is 71.9 Å². The lowest BCUT2D eigenvalue weighted by Crippen LogP contribution is -2.34. The average Bonchev–Trinajstić information content (AvgIpc) is 3.43. The molecule has 0 bridgehead atoms. The summed E-state index contributed by atoms with van der Waals surface area (Å²) < 4.78 is 19.7. The van der Waals surface area contributed by atoms with Crippen LogP contribution in [-0.2, 0) is 11.3 Å². The van der Waals surface area contributed by atoms with E-state index in [2.05, 4.69) is 15.1 Å². The first-order valence-electron chi connectivity index (χ1n) is 10.2. The highest BCUT2D eigenvalue weighted by molar-refractivity contribution is 5.74. The van der Waals surface area contributed by atoms with Gasteiger partial charge in [0.15, 0.2) is 0 Å². The van der Waals surface area contributed by atoms with Crippen LogP contribution in [0.1, 0.15) is 24.4 Å². The first kappa shape index (κ1) is 18.9. The number of halogens is 1. The first-order chi connectivity index (χ1) is 14.6. The van der Waals surface area contributed by atoms with Gasteiger partial charge in [-0.15, -0.1) is 10.2 Å². The van der Waals surface area contributed by atoms with Crippen molar-refractivity contribution in [2.24, 2.45) is 11.8 Å².